The fraction of sp³-hybridized carbons (Fsp3) is 0.500. The number of hydrogen-bond donors (Lipinski definition) is 1. The van der Waals surface area contributed by atoms with Crippen LogP contribution in [0.1, 0.15) is 12.0 Å². The maximum absolute atomic E-state index is 11.3. The first-order valence-electron chi connectivity index (χ1n) is 5.99. The summed E-state index contributed by atoms with van der Waals surface area (Å²) in [5.74, 6) is -0.0731. The molecule has 104 valence electrons. The van der Waals surface area contributed by atoms with Crippen molar-refractivity contribution in [2.24, 2.45) is 5.92 Å². The molecule has 0 saturated carbocycles. The molecule has 19 heavy (non-hydrogen) atoms. The maximum atomic E-state index is 11.3. The zero-order chi connectivity index (χ0) is 14.0. The van der Waals surface area contributed by atoms with Gasteiger partial charge in [0.25, 0.3) is 5.69 Å². The number of nitrogens with zero attached hydrogens (tertiary/aromatic N) is 1. The molecule has 1 aliphatic rings. The van der Waals surface area contributed by atoms with Gasteiger partial charge in [-0.3, -0.25) is 10.1 Å². The highest BCUT2D eigenvalue weighted by Crippen LogP contribution is 2.24. The predicted molar refractivity (Wildman–Crippen MR) is 69.6 cm³/mol. The van der Waals surface area contributed by atoms with E-state index in [1.807, 2.05) is 0 Å². The van der Waals surface area contributed by atoms with Gasteiger partial charge >= 0.3 is 0 Å². The zero-order valence-electron chi connectivity index (χ0n) is 10.2. The van der Waals surface area contributed by atoms with E-state index in [1.165, 1.54) is 12.1 Å². The molecular formula is C12H15NO5S. The fourth-order valence-electron chi connectivity index (χ4n) is 2.29. The summed E-state index contributed by atoms with van der Waals surface area (Å²) in [5, 5.41) is 20.5. The Labute approximate surface area is 111 Å². The van der Waals surface area contributed by atoms with Gasteiger partial charge in [-0.1, -0.05) is 12.1 Å². The van der Waals surface area contributed by atoms with Crippen molar-refractivity contribution in [3.63, 3.8) is 0 Å². The summed E-state index contributed by atoms with van der Waals surface area (Å²) < 4.78 is 22.7. The topological polar surface area (TPSA) is 97.5 Å². The third kappa shape index (κ3) is 3.51. The van der Waals surface area contributed by atoms with Gasteiger partial charge in [-0.15, -0.1) is 0 Å². The Hall–Kier alpha value is -1.47. The molecule has 2 atom stereocenters. The monoisotopic (exact) mass is 285 g/mol. The number of hydrogen-bond acceptors (Lipinski definition) is 5. The number of sulfone groups is 1. The van der Waals surface area contributed by atoms with E-state index in [-0.39, 0.29) is 23.1 Å². The highest BCUT2D eigenvalue weighted by Gasteiger charge is 2.32. The Kier molecular flexibility index (Phi) is 3.86. The molecule has 0 bridgehead atoms. The highest BCUT2D eigenvalue weighted by atomic mass is 32.2. The van der Waals surface area contributed by atoms with Crippen molar-refractivity contribution in [1.82, 2.24) is 0 Å². The number of rotatable bonds is 4. The Balaban J connectivity index is 1.99. The molecule has 2 unspecified atom stereocenters. The fourth-order valence-corrected chi connectivity index (χ4v) is 4.16. The summed E-state index contributed by atoms with van der Waals surface area (Å²) in [6.45, 7) is 0. The van der Waals surface area contributed by atoms with Crippen molar-refractivity contribution in [2.45, 2.75) is 18.9 Å². The molecule has 1 aliphatic heterocycles. The number of aliphatic hydroxyl groups is 1. The molecule has 0 radical (unpaired) electrons. The van der Waals surface area contributed by atoms with Gasteiger partial charge < -0.3 is 5.11 Å². The molecule has 6 nitrogen and oxygen atoms in total. The van der Waals surface area contributed by atoms with Crippen LogP contribution in [0.3, 0.4) is 0 Å². The van der Waals surface area contributed by atoms with E-state index in [9.17, 15) is 23.6 Å². The van der Waals surface area contributed by atoms with Crippen molar-refractivity contribution in [1.29, 1.82) is 0 Å². The minimum Gasteiger partial charge on any atom is -0.392 e. The molecule has 0 amide bonds. The predicted octanol–water partition coefficient (Wildman–Crippen LogP) is 0.933. The highest BCUT2D eigenvalue weighted by molar-refractivity contribution is 7.91. The second-order valence-electron chi connectivity index (χ2n) is 4.86. The first-order valence-corrected chi connectivity index (χ1v) is 7.81. The van der Waals surface area contributed by atoms with E-state index >= 15 is 0 Å². The molecule has 1 saturated heterocycles. The van der Waals surface area contributed by atoms with Crippen LogP contribution in [0.25, 0.3) is 0 Å². The largest absolute Gasteiger partial charge is 0.392 e. The summed E-state index contributed by atoms with van der Waals surface area (Å²) in [7, 11) is -3.00. The normalized spacial score (nSPS) is 23.1. The summed E-state index contributed by atoms with van der Waals surface area (Å²) in [6, 6.07) is 5.94. The minimum absolute atomic E-state index is 0.00156. The molecule has 1 N–H and O–H groups in total. The first kappa shape index (κ1) is 14.0. The summed E-state index contributed by atoms with van der Waals surface area (Å²) >= 11 is 0. The zero-order valence-corrected chi connectivity index (χ0v) is 11.0. The quantitative estimate of drug-likeness (QED) is 0.655. The van der Waals surface area contributed by atoms with Gasteiger partial charge in [0.05, 0.1) is 22.5 Å². The standard InChI is InChI=1S/C12H15NO5S/c14-12(10-5-6-19(17,18)8-10)7-9-1-3-11(4-2-9)13(15)16/h1-4,10,12,14H,5-8H2. The molecule has 1 fully saturated rings. The molecular weight excluding hydrogens is 270 g/mol. The third-order valence-electron chi connectivity index (χ3n) is 3.40. The van der Waals surface area contributed by atoms with Gasteiger partial charge in [0.2, 0.25) is 0 Å². The summed E-state index contributed by atoms with van der Waals surface area (Å²) in [5.41, 5.74) is 0.768. The Morgan fingerprint density at radius 3 is 2.47 bits per heavy atom. The van der Waals surface area contributed by atoms with E-state index in [1.54, 1.807) is 12.1 Å². The number of nitro groups is 1. The van der Waals surface area contributed by atoms with Gasteiger partial charge in [-0.25, -0.2) is 8.42 Å². The molecule has 1 aromatic carbocycles. The van der Waals surface area contributed by atoms with Crippen LogP contribution in [0, 0.1) is 16.0 Å². The van der Waals surface area contributed by atoms with E-state index < -0.39 is 20.9 Å². The van der Waals surface area contributed by atoms with Gasteiger partial charge in [-0.2, -0.15) is 0 Å². The van der Waals surface area contributed by atoms with E-state index in [0.717, 1.165) is 5.56 Å². The molecule has 1 heterocycles. The lowest BCUT2D eigenvalue weighted by atomic mass is 9.96. The van der Waals surface area contributed by atoms with Crippen molar-refractivity contribution < 1.29 is 18.4 Å². The first-order chi connectivity index (χ1) is 8.87. The smallest absolute Gasteiger partial charge is 0.269 e. The molecule has 2 rings (SSSR count). The van der Waals surface area contributed by atoms with E-state index in [2.05, 4.69) is 0 Å². The SMILES string of the molecule is O=[N+]([O-])c1ccc(CC(O)C2CCS(=O)(=O)C2)cc1. The molecule has 0 spiro atoms. The van der Waals surface area contributed by atoms with Crippen molar-refractivity contribution >= 4 is 15.5 Å². The maximum Gasteiger partial charge on any atom is 0.269 e. The summed E-state index contributed by atoms with van der Waals surface area (Å²) in [6.07, 6.45) is 0.0769. The number of benzene rings is 1. The molecule has 0 aromatic heterocycles. The molecule has 7 heteroatoms. The van der Waals surface area contributed by atoms with Crippen LogP contribution < -0.4 is 0 Å². The second-order valence-corrected chi connectivity index (χ2v) is 7.09. The Bertz CT molecular complexity index is 566. The lowest BCUT2D eigenvalue weighted by Crippen LogP contribution is -2.23. The van der Waals surface area contributed by atoms with E-state index in [4.69, 9.17) is 0 Å². The number of non-ortho nitro benzene ring substituents is 1. The van der Waals surface area contributed by atoms with E-state index in [0.29, 0.717) is 12.8 Å². The summed E-state index contributed by atoms with van der Waals surface area (Å²) in [4.78, 5) is 10.0. The average Bonchev–Trinajstić information content (AvgIpc) is 2.70. The number of nitro benzene ring substituents is 1. The minimum atomic E-state index is -3.00. The van der Waals surface area contributed by atoms with Crippen LogP contribution >= 0.6 is 0 Å². The van der Waals surface area contributed by atoms with Crippen LogP contribution in [0.4, 0.5) is 5.69 Å². The van der Waals surface area contributed by atoms with Crippen LogP contribution in [-0.2, 0) is 16.3 Å². The Morgan fingerprint density at radius 1 is 1.37 bits per heavy atom. The molecule has 0 aliphatic carbocycles. The average molecular weight is 285 g/mol. The van der Waals surface area contributed by atoms with Crippen molar-refractivity contribution in [3.8, 4) is 0 Å². The Morgan fingerprint density at radius 2 is 2.00 bits per heavy atom. The van der Waals surface area contributed by atoms with Crippen LogP contribution in [-0.4, -0.2) is 36.1 Å². The van der Waals surface area contributed by atoms with Gasteiger partial charge in [0, 0.05) is 18.1 Å². The molecule has 1 aromatic rings. The van der Waals surface area contributed by atoms with Gasteiger partial charge in [0.15, 0.2) is 9.84 Å². The third-order valence-corrected chi connectivity index (χ3v) is 5.20. The van der Waals surface area contributed by atoms with Crippen LogP contribution in [0.15, 0.2) is 24.3 Å². The lowest BCUT2D eigenvalue weighted by molar-refractivity contribution is -0.384. The second kappa shape index (κ2) is 5.26. The van der Waals surface area contributed by atoms with Crippen LogP contribution in [0.2, 0.25) is 0 Å². The van der Waals surface area contributed by atoms with Crippen molar-refractivity contribution in [2.75, 3.05) is 11.5 Å². The van der Waals surface area contributed by atoms with Gasteiger partial charge in [0.1, 0.15) is 0 Å². The lowest BCUT2D eigenvalue weighted by Gasteiger charge is -2.16. The van der Waals surface area contributed by atoms with Gasteiger partial charge in [-0.05, 0) is 18.4 Å². The number of aliphatic hydroxyl groups excluding tert-OH is 1. The van der Waals surface area contributed by atoms with Crippen molar-refractivity contribution in [3.05, 3.63) is 39.9 Å². The van der Waals surface area contributed by atoms with Crippen LogP contribution in [0.5, 0.6) is 0 Å².